The molecule has 0 bridgehead atoms. The Hall–Kier alpha value is -2.21. The highest BCUT2D eigenvalue weighted by Gasteiger charge is 2.10. The van der Waals surface area contributed by atoms with E-state index < -0.39 is 0 Å². The molecule has 3 N–H and O–H groups in total. The molecule has 0 aliphatic rings. The van der Waals surface area contributed by atoms with Crippen LogP contribution in [-0.2, 0) is 0 Å². The predicted molar refractivity (Wildman–Crippen MR) is 88.4 cm³/mol. The number of hydrogen-bond donors (Lipinski definition) is 3. The zero-order valence-corrected chi connectivity index (χ0v) is 13.3. The van der Waals surface area contributed by atoms with Gasteiger partial charge in [-0.2, -0.15) is 15.0 Å². The fourth-order valence-electron chi connectivity index (χ4n) is 2.11. The number of nitrogens with zero attached hydrogens (tertiary/aromatic N) is 3. The summed E-state index contributed by atoms with van der Waals surface area (Å²) in [6.07, 6.45) is 1.85. The van der Waals surface area contributed by atoms with Gasteiger partial charge in [-0.05, 0) is 32.4 Å². The first-order chi connectivity index (χ1) is 10.6. The van der Waals surface area contributed by atoms with E-state index in [2.05, 4.69) is 32.5 Å². The molecule has 0 radical (unpaired) electrons. The van der Waals surface area contributed by atoms with E-state index in [1.165, 1.54) is 5.56 Å². The molecule has 0 aliphatic heterocycles. The number of nitrogens with one attached hydrogen (secondary N) is 2. The van der Waals surface area contributed by atoms with E-state index >= 15 is 0 Å². The largest absolute Gasteiger partial charge is 0.394 e. The molecule has 1 aromatic carbocycles. The van der Waals surface area contributed by atoms with Crippen molar-refractivity contribution in [2.45, 2.75) is 39.7 Å². The third-order valence-corrected chi connectivity index (χ3v) is 3.25. The summed E-state index contributed by atoms with van der Waals surface area (Å²) in [4.78, 5) is 12.9. The van der Waals surface area contributed by atoms with Crippen LogP contribution in [0.4, 0.5) is 17.6 Å². The second-order valence-corrected chi connectivity index (χ2v) is 5.33. The summed E-state index contributed by atoms with van der Waals surface area (Å²) in [6, 6.07) is 7.97. The normalized spacial score (nSPS) is 12.0. The summed E-state index contributed by atoms with van der Waals surface area (Å²) in [6.45, 7) is 6.00. The lowest BCUT2D eigenvalue weighted by atomic mass is 10.2. The van der Waals surface area contributed by atoms with Crippen LogP contribution in [0.2, 0.25) is 0 Å². The van der Waals surface area contributed by atoms with Crippen LogP contribution in [0.1, 0.15) is 31.2 Å². The van der Waals surface area contributed by atoms with Crippen LogP contribution in [0, 0.1) is 13.8 Å². The SMILES string of the molecule is CCC[C@@H](CO)Nc1nc(C)nc(Nc2ccc(C)cc2)n1. The van der Waals surface area contributed by atoms with E-state index in [4.69, 9.17) is 0 Å². The molecule has 0 saturated carbocycles. The van der Waals surface area contributed by atoms with E-state index in [1.807, 2.05) is 38.1 Å². The predicted octanol–water partition coefficient (Wildman–Crippen LogP) is 2.80. The lowest BCUT2D eigenvalue weighted by Crippen LogP contribution is -2.25. The van der Waals surface area contributed by atoms with Crippen LogP contribution in [0.5, 0.6) is 0 Å². The first kappa shape index (κ1) is 16.2. The van der Waals surface area contributed by atoms with Crippen molar-refractivity contribution in [2.24, 2.45) is 0 Å². The van der Waals surface area contributed by atoms with E-state index in [0.29, 0.717) is 17.7 Å². The summed E-state index contributed by atoms with van der Waals surface area (Å²) in [5, 5.41) is 15.7. The van der Waals surface area contributed by atoms with Gasteiger partial charge < -0.3 is 15.7 Å². The standard InChI is InChI=1S/C16H23N5O/c1-4-5-14(10-22)20-16-18-12(3)17-15(21-16)19-13-8-6-11(2)7-9-13/h6-9,14,22H,4-5,10H2,1-3H3,(H2,17,18,19,20,21)/t14-/m0/s1. The van der Waals surface area contributed by atoms with Gasteiger partial charge in [-0.3, -0.25) is 0 Å². The number of aryl methyl sites for hydroxylation is 2. The van der Waals surface area contributed by atoms with Gasteiger partial charge in [-0.1, -0.05) is 31.0 Å². The Kier molecular flexibility index (Phi) is 5.66. The molecule has 118 valence electrons. The number of benzene rings is 1. The molecule has 0 spiro atoms. The van der Waals surface area contributed by atoms with Crippen molar-refractivity contribution in [3.05, 3.63) is 35.7 Å². The number of anilines is 3. The summed E-state index contributed by atoms with van der Waals surface area (Å²) >= 11 is 0. The van der Waals surface area contributed by atoms with Crippen molar-refractivity contribution in [2.75, 3.05) is 17.2 Å². The number of aliphatic hydroxyl groups excluding tert-OH is 1. The van der Waals surface area contributed by atoms with Crippen LogP contribution in [0.3, 0.4) is 0 Å². The first-order valence-corrected chi connectivity index (χ1v) is 7.54. The molecule has 0 fully saturated rings. The highest BCUT2D eigenvalue weighted by molar-refractivity contribution is 5.54. The zero-order chi connectivity index (χ0) is 15.9. The van der Waals surface area contributed by atoms with Crippen LogP contribution in [0.15, 0.2) is 24.3 Å². The highest BCUT2D eigenvalue weighted by atomic mass is 16.3. The van der Waals surface area contributed by atoms with E-state index in [0.717, 1.165) is 18.5 Å². The van der Waals surface area contributed by atoms with E-state index in [9.17, 15) is 5.11 Å². The molecule has 1 atom stereocenters. The average molecular weight is 301 g/mol. The molecule has 0 saturated heterocycles. The number of aliphatic hydroxyl groups is 1. The quantitative estimate of drug-likeness (QED) is 0.729. The maximum absolute atomic E-state index is 9.37. The Morgan fingerprint density at radius 2 is 1.73 bits per heavy atom. The Morgan fingerprint density at radius 3 is 2.36 bits per heavy atom. The monoisotopic (exact) mass is 301 g/mol. The number of hydrogen-bond acceptors (Lipinski definition) is 6. The minimum absolute atomic E-state index is 0.0426. The second-order valence-electron chi connectivity index (χ2n) is 5.33. The number of aromatic nitrogens is 3. The molecule has 0 amide bonds. The van der Waals surface area contributed by atoms with Gasteiger partial charge in [-0.25, -0.2) is 0 Å². The lowest BCUT2D eigenvalue weighted by Gasteiger charge is -2.16. The molecule has 0 aliphatic carbocycles. The average Bonchev–Trinajstić information content (AvgIpc) is 2.48. The van der Waals surface area contributed by atoms with Crippen LogP contribution < -0.4 is 10.6 Å². The molecule has 1 heterocycles. The first-order valence-electron chi connectivity index (χ1n) is 7.54. The summed E-state index contributed by atoms with van der Waals surface area (Å²) < 4.78 is 0. The molecular formula is C16H23N5O. The summed E-state index contributed by atoms with van der Waals surface area (Å²) in [5.41, 5.74) is 2.12. The third-order valence-electron chi connectivity index (χ3n) is 3.25. The maximum atomic E-state index is 9.37. The van der Waals surface area contributed by atoms with Crippen molar-refractivity contribution < 1.29 is 5.11 Å². The van der Waals surface area contributed by atoms with Gasteiger partial charge in [-0.15, -0.1) is 0 Å². The minimum Gasteiger partial charge on any atom is -0.394 e. The molecule has 22 heavy (non-hydrogen) atoms. The van der Waals surface area contributed by atoms with Gasteiger partial charge >= 0.3 is 0 Å². The van der Waals surface area contributed by atoms with Gasteiger partial charge in [0, 0.05) is 5.69 Å². The van der Waals surface area contributed by atoms with E-state index in [-0.39, 0.29) is 12.6 Å². The van der Waals surface area contributed by atoms with Crippen LogP contribution in [0.25, 0.3) is 0 Å². The molecule has 0 unspecified atom stereocenters. The smallest absolute Gasteiger partial charge is 0.232 e. The molecule has 1 aromatic heterocycles. The Balaban J connectivity index is 2.13. The molecule has 2 rings (SSSR count). The number of rotatable bonds is 7. The van der Waals surface area contributed by atoms with Gasteiger partial charge in [0.05, 0.1) is 12.6 Å². The highest BCUT2D eigenvalue weighted by Crippen LogP contribution is 2.15. The maximum Gasteiger partial charge on any atom is 0.232 e. The Bertz CT molecular complexity index is 600. The Morgan fingerprint density at radius 1 is 1.05 bits per heavy atom. The zero-order valence-electron chi connectivity index (χ0n) is 13.3. The van der Waals surface area contributed by atoms with Gasteiger partial charge in [0.25, 0.3) is 0 Å². The molecule has 2 aromatic rings. The molecular weight excluding hydrogens is 278 g/mol. The lowest BCUT2D eigenvalue weighted by molar-refractivity contribution is 0.268. The third kappa shape index (κ3) is 4.66. The van der Waals surface area contributed by atoms with Crippen molar-refractivity contribution in [1.29, 1.82) is 0 Å². The Labute approximate surface area is 131 Å². The van der Waals surface area contributed by atoms with Crippen molar-refractivity contribution in [3.63, 3.8) is 0 Å². The molecule has 6 nitrogen and oxygen atoms in total. The topological polar surface area (TPSA) is 83.0 Å². The van der Waals surface area contributed by atoms with Crippen LogP contribution in [-0.4, -0.2) is 32.7 Å². The minimum atomic E-state index is -0.0426. The van der Waals surface area contributed by atoms with Gasteiger partial charge in [0.15, 0.2) is 0 Å². The van der Waals surface area contributed by atoms with Crippen molar-refractivity contribution in [3.8, 4) is 0 Å². The summed E-state index contributed by atoms with van der Waals surface area (Å²) in [5.74, 6) is 1.60. The fourth-order valence-corrected chi connectivity index (χ4v) is 2.11. The van der Waals surface area contributed by atoms with E-state index in [1.54, 1.807) is 0 Å². The molecule has 6 heteroatoms. The van der Waals surface area contributed by atoms with Gasteiger partial charge in [0.1, 0.15) is 5.82 Å². The second kappa shape index (κ2) is 7.70. The van der Waals surface area contributed by atoms with Crippen molar-refractivity contribution >= 4 is 17.6 Å². The van der Waals surface area contributed by atoms with Gasteiger partial charge in [0.2, 0.25) is 11.9 Å². The van der Waals surface area contributed by atoms with Crippen LogP contribution >= 0.6 is 0 Å². The van der Waals surface area contributed by atoms with Crippen molar-refractivity contribution in [1.82, 2.24) is 15.0 Å². The fraction of sp³-hybridized carbons (Fsp3) is 0.438. The summed E-state index contributed by atoms with van der Waals surface area (Å²) in [7, 11) is 0.